The van der Waals surface area contributed by atoms with Crippen molar-refractivity contribution in [3.05, 3.63) is 42.2 Å². The van der Waals surface area contributed by atoms with Crippen molar-refractivity contribution in [3.63, 3.8) is 0 Å². The van der Waals surface area contributed by atoms with Crippen molar-refractivity contribution in [2.24, 2.45) is 5.73 Å². The van der Waals surface area contributed by atoms with E-state index in [0.29, 0.717) is 13.0 Å². The van der Waals surface area contributed by atoms with E-state index in [0.717, 1.165) is 11.4 Å². The van der Waals surface area contributed by atoms with Gasteiger partial charge >= 0.3 is 0 Å². The van der Waals surface area contributed by atoms with Crippen LogP contribution >= 0.6 is 0 Å². The van der Waals surface area contributed by atoms with Crippen LogP contribution in [0.15, 0.2) is 36.7 Å². The lowest BCUT2D eigenvalue weighted by atomic mass is 10.1. The van der Waals surface area contributed by atoms with Crippen molar-refractivity contribution >= 4 is 5.91 Å². The van der Waals surface area contributed by atoms with Gasteiger partial charge in [0.25, 0.3) is 0 Å². The van der Waals surface area contributed by atoms with Gasteiger partial charge in [-0.15, -0.1) is 0 Å². The number of aryl methyl sites for hydroxylation is 2. The molecule has 1 heterocycles. The quantitative estimate of drug-likeness (QED) is 0.868. The third-order valence-electron chi connectivity index (χ3n) is 2.70. The number of benzene rings is 1. The summed E-state index contributed by atoms with van der Waals surface area (Å²) in [6.07, 6.45) is 3.93. The van der Waals surface area contributed by atoms with Gasteiger partial charge in [0.2, 0.25) is 5.91 Å². The standard InChI is InChI=1S/C13H15N3O/c1-10-4-2-3-5-11(10)13-15-7-9-16(13)8-6-12(14)17/h2-5,7,9H,6,8H2,1H3,(H2,14,17). The second-order valence-electron chi connectivity index (χ2n) is 3.98. The predicted octanol–water partition coefficient (Wildman–Crippen LogP) is 1.73. The molecule has 1 amide bonds. The summed E-state index contributed by atoms with van der Waals surface area (Å²) in [5, 5.41) is 0. The first-order chi connectivity index (χ1) is 8.18. The monoisotopic (exact) mass is 229 g/mol. The highest BCUT2D eigenvalue weighted by Gasteiger charge is 2.08. The molecule has 17 heavy (non-hydrogen) atoms. The SMILES string of the molecule is Cc1ccccc1-c1nccn1CCC(N)=O. The smallest absolute Gasteiger partial charge is 0.219 e. The van der Waals surface area contributed by atoms with Gasteiger partial charge in [0, 0.05) is 30.9 Å². The lowest BCUT2D eigenvalue weighted by Crippen LogP contribution is -2.14. The van der Waals surface area contributed by atoms with Gasteiger partial charge < -0.3 is 10.3 Å². The van der Waals surface area contributed by atoms with Gasteiger partial charge in [0.05, 0.1) is 0 Å². The first-order valence-electron chi connectivity index (χ1n) is 5.54. The summed E-state index contributed by atoms with van der Waals surface area (Å²) < 4.78 is 1.95. The Bertz CT molecular complexity index is 531. The van der Waals surface area contributed by atoms with Gasteiger partial charge in [-0.1, -0.05) is 24.3 Å². The maximum absolute atomic E-state index is 10.8. The van der Waals surface area contributed by atoms with Crippen molar-refractivity contribution in [2.75, 3.05) is 0 Å². The molecular formula is C13H15N3O. The molecule has 2 N–H and O–H groups in total. The zero-order chi connectivity index (χ0) is 12.3. The van der Waals surface area contributed by atoms with E-state index in [1.807, 2.05) is 42.0 Å². The van der Waals surface area contributed by atoms with Gasteiger partial charge in [0.1, 0.15) is 5.82 Å². The van der Waals surface area contributed by atoms with Gasteiger partial charge in [-0.2, -0.15) is 0 Å². The van der Waals surface area contributed by atoms with Crippen molar-refractivity contribution in [1.29, 1.82) is 0 Å². The summed E-state index contributed by atoms with van der Waals surface area (Å²) in [7, 11) is 0. The third-order valence-corrected chi connectivity index (χ3v) is 2.70. The Hall–Kier alpha value is -2.10. The summed E-state index contributed by atoms with van der Waals surface area (Å²) in [5.74, 6) is 0.582. The van der Waals surface area contributed by atoms with Crippen LogP contribution in [0, 0.1) is 6.92 Å². The molecule has 0 spiro atoms. The number of carbonyl (C=O) groups is 1. The van der Waals surface area contributed by atoms with Crippen LogP contribution in [0.2, 0.25) is 0 Å². The van der Waals surface area contributed by atoms with Gasteiger partial charge in [0.15, 0.2) is 0 Å². The van der Waals surface area contributed by atoms with Crippen LogP contribution in [0.1, 0.15) is 12.0 Å². The Labute approximate surface area is 100 Å². The van der Waals surface area contributed by atoms with E-state index in [-0.39, 0.29) is 5.91 Å². The highest BCUT2D eigenvalue weighted by atomic mass is 16.1. The number of hydrogen-bond donors (Lipinski definition) is 1. The second kappa shape index (κ2) is 4.82. The first kappa shape index (κ1) is 11.4. The molecule has 2 rings (SSSR count). The minimum absolute atomic E-state index is 0.297. The fraction of sp³-hybridized carbons (Fsp3) is 0.231. The number of nitrogens with zero attached hydrogens (tertiary/aromatic N) is 2. The Balaban J connectivity index is 2.31. The molecule has 0 unspecified atom stereocenters. The molecule has 0 fully saturated rings. The highest BCUT2D eigenvalue weighted by Crippen LogP contribution is 2.21. The second-order valence-corrected chi connectivity index (χ2v) is 3.98. The Kier molecular flexibility index (Phi) is 3.23. The normalized spacial score (nSPS) is 10.4. The molecule has 0 atom stereocenters. The molecule has 1 aromatic heterocycles. The van der Waals surface area contributed by atoms with Crippen molar-refractivity contribution in [1.82, 2.24) is 9.55 Å². The molecule has 0 saturated carbocycles. The molecule has 2 aromatic rings. The van der Waals surface area contributed by atoms with Crippen LogP contribution in [-0.4, -0.2) is 15.5 Å². The Morgan fingerprint density at radius 2 is 2.18 bits per heavy atom. The molecule has 0 aliphatic heterocycles. The van der Waals surface area contributed by atoms with Crippen LogP contribution in [0.5, 0.6) is 0 Å². The molecule has 88 valence electrons. The fourth-order valence-electron chi connectivity index (χ4n) is 1.79. The van der Waals surface area contributed by atoms with Crippen molar-refractivity contribution in [3.8, 4) is 11.4 Å². The fourth-order valence-corrected chi connectivity index (χ4v) is 1.79. The van der Waals surface area contributed by atoms with E-state index in [1.165, 1.54) is 5.56 Å². The average molecular weight is 229 g/mol. The molecule has 4 heteroatoms. The lowest BCUT2D eigenvalue weighted by molar-refractivity contribution is -0.118. The molecule has 0 saturated heterocycles. The number of hydrogen-bond acceptors (Lipinski definition) is 2. The Morgan fingerprint density at radius 1 is 1.41 bits per heavy atom. The lowest BCUT2D eigenvalue weighted by Gasteiger charge is -2.08. The number of carbonyl (C=O) groups excluding carboxylic acids is 1. The topological polar surface area (TPSA) is 60.9 Å². The van der Waals surface area contributed by atoms with Crippen LogP contribution in [0.25, 0.3) is 11.4 Å². The summed E-state index contributed by atoms with van der Waals surface area (Å²) >= 11 is 0. The van der Waals surface area contributed by atoms with E-state index in [1.54, 1.807) is 6.20 Å². The summed E-state index contributed by atoms with van der Waals surface area (Å²) in [6.45, 7) is 2.61. The number of rotatable bonds is 4. The molecular weight excluding hydrogens is 214 g/mol. The van der Waals surface area contributed by atoms with Crippen molar-refractivity contribution in [2.45, 2.75) is 19.9 Å². The van der Waals surface area contributed by atoms with Crippen LogP contribution in [0.3, 0.4) is 0 Å². The summed E-state index contributed by atoms with van der Waals surface area (Å²) in [5.41, 5.74) is 7.41. The number of amides is 1. The number of aromatic nitrogens is 2. The third kappa shape index (κ3) is 2.53. The molecule has 4 nitrogen and oxygen atoms in total. The summed E-state index contributed by atoms with van der Waals surface area (Å²) in [4.78, 5) is 15.1. The molecule has 0 radical (unpaired) electrons. The Morgan fingerprint density at radius 3 is 2.88 bits per heavy atom. The highest BCUT2D eigenvalue weighted by molar-refractivity contribution is 5.73. The average Bonchev–Trinajstić information content (AvgIpc) is 2.75. The van der Waals surface area contributed by atoms with E-state index >= 15 is 0 Å². The van der Waals surface area contributed by atoms with E-state index in [4.69, 9.17) is 5.73 Å². The predicted molar refractivity (Wildman–Crippen MR) is 66.2 cm³/mol. The van der Waals surface area contributed by atoms with Crippen LogP contribution in [0.4, 0.5) is 0 Å². The number of imidazole rings is 1. The van der Waals surface area contributed by atoms with Gasteiger partial charge in [-0.05, 0) is 12.5 Å². The first-order valence-corrected chi connectivity index (χ1v) is 5.54. The number of nitrogens with two attached hydrogens (primary N) is 1. The molecule has 0 aliphatic rings. The maximum atomic E-state index is 10.8. The number of primary amides is 1. The van der Waals surface area contributed by atoms with Crippen LogP contribution < -0.4 is 5.73 Å². The maximum Gasteiger partial charge on any atom is 0.219 e. The zero-order valence-electron chi connectivity index (χ0n) is 9.76. The van der Waals surface area contributed by atoms with E-state index < -0.39 is 0 Å². The van der Waals surface area contributed by atoms with Gasteiger partial charge in [-0.3, -0.25) is 4.79 Å². The van der Waals surface area contributed by atoms with Gasteiger partial charge in [-0.25, -0.2) is 4.98 Å². The largest absolute Gasteiger partial charge is 0.370 e. The molecule has 0 aliphatic carbocycles. The van der Waals surface area contributed by atoms with E-state index in [9.17, 15) is 4.79 Å². The molecule has 0 bridgehead atoms. The minimum atomic E-state index is -0.297. The van der Waals surface area contributed by atoms with Crippen molar-refractivity contribution < 1.29 is 4.79 Å². The summed E-state index contributed by atoms with van der Waals surface area (Å²) in [6, 6.07) is 8.05. The van der Waals surface area contributed by atoms with Crippen LogP contribution in [-0.2, 0) is 11.3 Å². The zero-order valence-corrected chi connectivity index (χ0v) is 9.76. The minimum Gasteiger partial charge on any atom is -0.370 e. The van der Waals surface area contributed by atoms with E-state index in [2.05, 4.69) is 4.98 Å². The molecule has 1 aromatic carbocycles.